The maximum atomic E-state index is 13.5. The molecule has 11 heteroatoms. The van der Waals surface area contributed by atoms with Crippen LogP contribution < -0.4 is 4.74 Å². The van der Waals surface area contributed by atoms with Gasteiger partial charge in [0.25, 0.3) is 0 Å². The minimum Gasteiger partial charge on any atom is -0.491 e. The Hall–Kier alpha value is -4.67. The molecule has 2 aliphatic heterocycles. The van der Waals surface area contributed by atoms with E-state index in [1.165, 1.54) is 24.1 Å². The molecule has 0 unspecified atom stereocenters. The third kappa shape index (κ3) is 5.74. The van der Waals surface area contributed by atoms with Crippen molar-refractivity contribution in [3.8, 4) is 16.9 Å². The number of carbonyl (C=O) groups excluding carboxylic acids is 1. The Balaban J connectivity index is 1.29. The van der Waals surface area contributed by atoms with E-state index in [4.69, 9.17) is 31.3 Å². The molecule has 0 N–H and O–H groups in total. The van der Waals surface area contributed by atoms with Crippen molar-refractivity contribution >= 4 is 39.4 Å². The maximum Gasteiger partial charge on any atom is 0.354 e. The zero-order valence-corrected chi connectivity index (χ0v) is 29.9. The highest BCUT2D eigenvalue weighted by atomic mass is 35.5. The smallest absolute Gasteiger partial charge is 0.354 e. The molecule has 0 saturated carbocycles. The third-order valence-corrected chi connectivity index (χ3v) is 10.6. The Morgan fingerprint density at radius 3 is 2.68 bits per heavy atom. The molecule has 6 aromatic rings. The van der Waals surface area contributed by atoms with Gasteiger partial charge in [-0.05, 0) is 93.5 Å². The number of methoxy groups -OCH3 is 1. The van der Waals surface area contributed by atoms with Crippen molar-refractivity contribution in [2.75, 3.05) is 20.8 Å². The molecule has 0 spiro atoms. The van der Waals surface area contributed by atoms with Gasteiger partial charge < -0.3 is 14.0 Å². The number of benzene rings is 2. The molecule has 0 radical (unpaired) electrons. The number of carbonyl (C=O) groups is 1. The van der Waals surface area contributed by atoms with Crippen molar-refractivity contribution in [3.63, 3.8) is 0 Å². The Bertz CT molecular complexity index is 2270. The Kier molecular flexibility index (Phi) is 8.60. The lowest BCUT2D eigenvalue weighted by atomic mass is 9.95. The summed E-state index contributed by atoms with van der Waals surface area (Å²) in [4.78, 5) is 20.4. The van der Waals surface area contributed by atoms with Crippen LogP contribution >= 0.6 is 11.6 Å². The summed E-state index contributed by atoms with van der Waals surface area (Å²) in [6.45, 7) is 2.64. The van der Waals surface area contributed by atoms with Crippen LogP contribution in [0.15, 0.2) is 48.7 Å². The average molecular weight is 692 g/mol. The Morgan fingerprint density at radius 1 is 0.940 bits per heavy atom. The van der Waals surface area contributed by atoms with E-state index >= 15 is 0 Å². The van der Waals surface area contributed by atoms with E-state index in [-0.39, 0.29) is 5.97 Å². The molecule has 0 atom stereocenters. The van der Waals surface area contributed by atoms with E-state index in [0.29, 0.717) is 43.3 Å². The highest BCUT2D eigenvalue weighted by Gasteiger charge is 2.30. The van der Waals surface area contributed by atoms with Crippen LogP contribution in [0.5, 0.6) is 5.75 Å². The molecule has 2 aromatic carbocycles. The van der Waals surface area contributed by atoms with E-state index < -0.39 is 0 Å². The predicted octanol–water partition coefficient (Wildman–Crippen LogP) is 6.84. The van der Waals surface area contributed by atoms with Crippen molar-refractivity contribution < 1.29 is 14.3 Å². The van der Waals surface area contributed by atoms with Crippen LogP contribution in [-0.4, -0.2) is 60.7 Å². The number of aromatic nitrogens is 6. The van der Waals surface area contributed by atoms with E-state index in [2.05, 4.69) is 45.9 Å². The van der Waals surface area contributed by atoms with Crippen LogP contribution in [0.4, 0.5) is 0 Å². The van der Waals surface area contributed by atoms with Gasteiger partial charge in [0.1, 0.15) is 17.0 Å². The minimum absolute atomic E-state index is 0.370. The van der Waals surface area contributed by atoms with Crippen molar-refractivity contribution in [2.24, 2.45) is 14.1 Å². The summed E-state index contributed by atoms with van der Waals surface area (Å²) >= 11 is 7.19. The van der Waals surface area contributed by atoms with Gasteiger partial charge in [-0.2, -0.15) is 10.2 Å². The first-order chi connectivity index (χ1) is 24.3. The maximum absolute atomic E-state index is 13.5. The van der Waals surface area contributed by atoms with E-state index in [1.54, 1.807) is 6.20 Å². The molecule has 6 heterocycles. The highest BCUT2D eigenvalue weighted by Crippen LogP contribution is 2.43. The molecule has 8 bridgehead atoms. The van der Waals surface area contributed by atoms with Crippen LogP contribution in [-0.2, 0) is 64.1 Å². The van der Waals surface area contributed by atoms with Gasteiger partial charge in [0, 0.05) is 73.2 Å². The van der Waals surface area contributed by atoms with Gasteiger partial charge in [-0.3, -0.25) is 19.2 Å². The van der Waals surface area contributed by atoms with Crippen LogP contribution in [0.2, 0.25) is 5.02 Å². The number of hydrogen-bond donors (Lipinski definition) is 0. The van der Waals surface area contributed by atoms with Crippen molar-refractivity contribution in [1.82, 2.24) is 34.0 Å². The molecule has 50 heavy (non-hydrogen) atoms. The number of fused-ring (bicyclic) bond motifs is 10. The van der Waals surface area contributed by atoms with E-state index in [1.807, 2.05) is 41.5 Å². The number of hydrogen-bond acceptors (Lipinski definition) is 7. The average Bonchev–Trinajstić information content (AvgIpc) is 3.74. The number of rotatable bonds is 1. The molecule has 0 saturated heterocycles. The van der Waals surface area contributed by atoms with E-state index in [0.717, 1.165) is 94.3 Å². The van der Waals surface area contributed by atoms with Gasteiger partial charge in [-0.15, -0.1) is 0 Å². The van der Waals surface area contributed by atoms with Crippen LogP contribution in [0, 0.1) is 0 Å². The fraction of sp³-hybridized carbons (Fsp3) is 0.385. The first kappa shape index (κ1) is 32.5. The standard InChI is InChI=1S/C39H42ClN7O3/c1-44-22-26-21-27(46(3)42-26)13-12-24-19-25-9-7-16-41-36(25)33(20-24)50-18-8-10-28-29-14-15-30(40)34(37(29)45(2)38(28)39(48)49-4)35-31(23-44)43-47-17-6-5-11-32(35)47/h7,9,14-16,19-21H,5-6,8,10-13,17-18,22-23H2,1-4H3. The minimum atomic E-state index is -0.370. The number of pyridine rings is 1. The normalized spacial score (nSPS) is 15.8. The molecule has 4 aromatic heterocycles. The quantitative estimate of drug-likeness (QED) is 0.174. The van der Waals surface area contributed by atoms with Gasteiger partial charge in [-0.1, -0.05) is 23.7 Å². The number of esters is 1. The summed E-state index contributed by atoms with van der Waals surface area (Å²) in [5.41, 5.74) is 10.8. The lowest BCUT2D eigenvalue weighted by molar-refractivity contribution is 0.0589. The molecule has 0 fully saturated rings. The summed E-state index contributed by atoms with van der Waals surface area (Å²) in [7, 11) is 7.52. The first-order valence-corrected chi connectivity index (χ1v) is 17.9. The zero-order valence-electron chi connectivity index (χ0n) is 29.1. The number of ether oxygens (including phenoxy) is 2. The van der Waals surface area contributed by atoms with Gasteiger partial charge in [-0.25, -0.2) is 4.79 Å². The molecular weight excluding hydrogens is 650 g/mol. The summed E-state index contributed by atoms with van der Waals surface area (Å²) < 4.78 is 18.0. The molecular formula is C39H42ClN7O3. The molecule has 0 amide bonds. The summed E-state index contributed by atoms with van der Waals surface area (Å²) in [5, 5.41) is 12.8. The van der Waals surface area contributed by atoms with Crippen LogP contribution in [0.1, 0.15) is 63.7 Å². The fourth-order valence-electron chi connectivity index (χ4n) is 8.04. The summed E-state index contributed by atoms with van der Waals surface area (Å²) in [6, 6.07) is 14.6. The van der Waals surface area contributed by atoms with Gasteiger partial charge >= 0.3 is 5.97 Å². The Labute approximate surface area is 296 Å². The molecule has 2 aliphatic rings. The molecule has 10 nitrogen and oxygen atoms in total. The lowest BCUT2D eigenvalue weighted by Crippen LogP contribution is -2.18. The van der Waals surface area contributed by atoms with Crippen molar-refractivity contribution in [3.05, 3.63) is 93.3 Å². The lowest BCUT2D eigenvalue weighted by Gasteiger charge is -2.18. The zero-order chi connectivity index (χ0) is 34.5. The number of halogens is 1. The second kappa shape index (κ2) is 13.2. The van der Waals surface area contributed by atoms with Gasteiger partial charge in [0.15, 0.2) is 0 Å². The SMILES string of the molecule is COC(=O)c1c2c3ccc(Cl)c(c3n1C)-c1c(nn3c1CCCC3)CN(C)Cc1cc(n(C)n1)CCc1cc(c3ncccc3c1)OCCC2. The summed E-state index contributed by atoms with van der Waals surface area (Å²) in [5.74, 6) is 0.403. The first-order valence-electron chi connectivity index (χ1n) is 17.5. The monoisotopic (exact) mass is 691 g/mol. The summed E-state index contributed by atoms with van der Waals surface area (Å²) in [6.07, 6.45) is 7.93. The van der Waals surface area contributed by atoms with Crippen LogP contribution in [0.3, 0.4) is 0 Å². The van der Waals surface area contributed by atoms with Crippen molar-refractivity contribution in [2.45, 2.75) is 64.6 Å². The molecule has 8 rings (SSSR count). The van der Waals surface area contributed by atoms with Crippen LogP contribution in [0.25, 0.3) is 32.9 Å². The fourth-order valence-corrected chi connectivity index (χ4v) is 8.29. The predicted molar refractivity (Wildman–Crippen MR) is 195 cm³/mol. The van der Waals surface area contributed by atoms with Gasteiger partial charge in [0.05, 0.1) is 35.6 Å². The number of aryl methyl sites for hydroxylation is 6. The highest BCUT2D eigenvalue weighted by molar-refractivity contribution is 6.35. The number of nitrogens with zero attached hydrogens (tertiary/aromatic N) is 7. The third-order valence-electron chi connectivity index (χ3n) is 10.3. The second-order valence-corrected chi connectivity index (χ2v) is 14.1. The second-order valence-electron chi connectivity index (χ2n) is 13.7. The van der Waals surface area contributed by atoms with Crippen molar-refractivity contribution in [1.29, 1.82) is 0 Å². The largest absolute Gasteiger partial charge is 0.491 e. The topological polar surface area (TPSA) is 92.2 Å². The molecule has 258 valence electrons. The van der Waals surface area contributed by atoms with E-state index in [9.17, 15) is 4.79 Å². The molecule has 0 aliphatic carbocycles. The van der Waals surface area contributed by atoms with Gasteiger partial charge in [0.2, 0.25) is 0 Å². The Morgan fingerprint density at radius 2 is 1.82 bits per heavy atom.